The largest absolute Gasteiger partial charge is 0.416 e. The lowest BCUT2D eigenvalue weighted by Crippen LogP contribution is -2.53. The van der Waals surface area contributed by atoms with Crippen LogP contribution in [0.3, 0.4) is 0 Å². The predicted molar refractivity (Wildman–Crippen MR) is 125 cm³/mol. The molecule has 6 rings (SSSR count). The summed E-state index contributed by atoms with van der Waals surface area (Å²) >= 11 is 0. The Morgan fingerprint density at radius 2 is 1.58 bits per heavy atom. The quantitative estimate of drug-likeness (QED) is 0.546. The van der Waals surface area contributed by atoms with Crippen LogP contribution in [0.4, 0.5) is 24.5 Å². The number of carbonyl (C=O) groups excluding carboxylic acids is 3. The number of benzene rings is 3. The van der Waals surface area contributed by atoms with Gasteiger partial charge in [-0.05, 0) is 36.2 Å². The fourth-order valence-electron chi connectivity index (χ4n) is 5.88. The van der Waals surface area contributed by atoms with Crippen molar-refractivity contribution in [2.45, 2.75) is 24.2 Å². The second-order valence-electron chi connectivity index (χ2n) is 9.31. The van der Waals surface area contributed by atoms with Gasteiger partial charge in [0.2, 0.25) is 17.7 Å². The van der Waals surface area contributed by atoms with E-state index in [0.717, 1.165) is 22.6 Å². The van der Waals surface area contributed by atoms with Crippen LogP contribution in [0.15, 0.2) is 78.9 Å². The smallest absolute Gasteiger partial charge is 0.324 e. The number of nitrogens with one attached hydrogen (secondary N) is 2. The SMILES string of the molecule is O=C1[C@@H]2[C@H](Cc3ccccc3)N[C@]3(C(=O)Nc4ccccc43)[C@H]2C(=O)N1c1cccc(C(F)(F)F)c1. The molecule has 0 aliphatic carbocycles. The first kappa shape index (κ1) is 22.5. The maximum atomic E-state index is 13.9. The molecule has 1 spiro atoms. The van der Waals surface area contributed by atoms with E-state index < -0.39 is 52.9 Å². The topological polar surface area (TPSA) is 78.5 Å². The van der Waals surface area contributed by atoms with E-state index in [1.807, 2.05) is 30.3 Å². The second-order valence-corrected chi connectivity index (χ2v) is 9.31. The minimum Gasteiger partial charge on any atom is -0.324 e. The Balaban J connectivity index is 1.48. The van der Waals surface area contributed by atoms with Crippen molar-refractivity contribution in [3.8, 4) is 0 Å². The van der Waals surface area contributed by atoms with Crippen molar-refractivity contribution >= 4 is 29.1 Å². The maximum absolute atomic E-state index is 13.9. The summed E-state index contributed by atoms with van der Waals surface area (Å²) < 4.78 is 40.2. The molecule has 0 radical (unpaired) electrons. The molecule has 3 amide bonds. The minimum absolute atomic E-state index is 0.158. The molecule has 3 aliphatic heterocycles. The summed E-state index contributed by atoms with van der Waals surface area (Å²) in [5.41, 5.74) is -0.649. The zero-order valence-corrected chi connectivity index (χ0v) is 18.8. The molecule has 2 fully saturated rings. The molecule has 3 aliphatic rings. The summed E-state index contributed by atoms with van der Waals surface area (Å²) in [7, 11) is 0. The Morgan fingerprint density at radius 3 is 2.33 bits per heavy atom. The molecular weight excluding hydrogens is 471 g/mol. The molecule has 36 heavy (non-hydrogen) atoms. The van der Waals surface area contributed by atoms with Crippen LogP contribution in [0.2, 0.25) is 0 Å². The van der Waals surface area contributed by atoms with E-state index in [2.05, 4.69) is 10.6 Å². The minimum atomic E-state index is -4.64. The van der Waals surface area contributed by atoms with Crippen molar-refractivity contribution in [3.63, 3.8) is 0 Å². The van der Waals surface area contributed by atoms with E-state index in [1.165, 1.54) is 12.1 Å². The van der Waals surface area contributed by atoms with Crippen LogP contribution in [0.25, 0.3) is 0 Å². The molecule has 0 unspecified atom stereocenters. The third-order valence-electron chi connectivity index (χ3n) is 7.35. The lowest BCUT2D eigenvalue weighted by Gasteiger charge is -2.29. The van der Waals surface area contributed by atoms with E-state index in [9.17, 15) is 27.6 Å². The number of hydrogen-bond donors (Lipinski definition) is 2. The van der Waals surface area contributed by atoms with Gasteiger partial charge in [0, 0.05) is 17.3 Å². The maximum Gasteiger partial charge on any atom is 0.416 e. The van der Waals surface area contributed by atoms with Crippen molar-refractivity contribution in [1.29, 1.82) is 0 Å². The number of rotatable bonds is 3. The molecule has 3 aromatic rings. The second kappa shape index (κ2) is 7.76. The average Bonchev–Trinajstić information content (AvgIpc) is 3.43. The third-order valence-corrected chi connectivity index (χ3v) is 7.35. The number of imide groups is 1. The van der Waals surface area contributed by atoms with E-state index in [4.69, 9.17) is 0 Å². The first-order chi connectivity index (χ1) is 17.2. The van der Waals surface area contributed by atoms with Crippen LogP contribution in [-0.4, -0.2) is 23.8 Å². The molecule has 9 heteroatoms. The van der Waals surface area contributed by atoms with Crippen LogP contribution in [0.1, 0.15) is 16.7 Å². The van der Waals surface area contributed by atoms with Crippen LogP contribution in [-0.2, 0) is 32.5 Å². The van der Waals surface area contributed by atoms with Gasteiger partial charge in [-0.1, -0.05) is 54.6 Å². The number of halogens is 3. The van der Waals surface area contributed by atoms with E-state index >= 15 is 0 Å². The van der Waals surface area contributed by atoms with Gasteiger partial charge in [-0.15, -0.1) is 0 Å². The van der Waals surface area contributed by atoms with Crippen molar-refractivity contribution in [3.05, 3.63) is 95.6 Å². The summed E-state index contributed by atoms with van der Waals surface area (Å²) in [6.45, 7) is 0. The lowest BCUT2D eigenvalue weighted by atomic mass is 9.76. The number of hydrogen-bond acceptors (Lipinski definition) is 4. The number of para-hydroxylation sites is 1. The van der Waals surface area contributed by atoms with Gasteiger partial charge < -0.3 is 5.32 Å². The normalized spacial score (nSPS) is 26.9. The molecule has 3 aromatic carbocycles. The van der Waals surface area contributed by atoms with Crippen LogP contribution in [0, 0.1) is 11.8 Å². The van der Waals surface area contributed by atoms with Gasteiger partial charge in [0.1, 0.15) is 5.54 Å². The summed E-state index contributed by atoms with van der Waals surface area (Å²) in [5.74, 6) is -3.83. The Morgan fingerprint density at radius 1 is 0.861 bits per heavy atom. The van der Waals surface area contributed by atoms with Gasteiger partial charge in [0.15, 0.2) is 0 Å². The highest BCUT2D eigenvalue weighted by Crippen LogP contribution is 2.54. The van der Waals surface area contributed by atoms with E-state index in [-0.39, 0.29) is 5.69 Å². The molecule has 2 N–H and O–H groups in total. The van der Waals surface area contributed by atoms with Crippen molar-refractivity contribution < 1.29 is 27.6 Å². The third kappa shape index (κ3) is 3.12. The summed E-state index contributed by atoms with van der Waals surface area (Å²) in [6, 6.07) is 19.8. The van der Waals surface area contributed by atoms with E-state index in [1.54, 1.807) is 24.3 Å². The summed E-state index contributed by atoms with van der Waals surface area (Å²) in [4.78, 5) is 41.9. The van der Waals surface area contributed by atoms with Crippen molar-refractivity contribution in [1.82, 2.24) is 5.32 Å². The molecule has 0 bridgehead atoms. The van der Waals surface area contributed by atoms with Crippen molar-refractivity contribution in [2.24, 2.45) is 11.8 Å². The Hall–Kier alpha value is -3.98. The number of nitrogens with zero attached hydrogens (tertiary/aromatic N) is 1. The molecule has 182 valence electrons. The highest BCUT2D eigenvalue weighted by molar-refractivity contribution is 6.25. The van der Waals surface area contributed by atoms with Crippen LogP contribution < -0.4 is 15.5 Å². The zero-order valence-electron chi connectivity index (χ0n) is 18.8. The van der Waals surface area contributed by atoms with Gasteiger partial charge in [-0.3, -0.25) is 19.7 Å². The van der Waals surface area contributed by atoms with Gasteiger partial charge in [0.25, 0.3) is 0 Å². The monoisotopic (exact) mass is 491 g/mol. The highest BCUT2D eigenvalue weighted by Gasteiger charge is 2.70. The average molecular weight is 491 g/mol. The number of fused-ring (bicyclic) bond motifs is 4. The van der Waals surface area contributed by atoms with Gasteiger partial charge in [-0.25, -0.2) is 4.90 Å². The standard InChI is InChI=1S/C27H20F3N3O3/c28-27(29,30)16-9-6-10-17(14-16)33-23(34)21-20(13-15-7-2-1-3-8-15)32-26(22(21)24(33)35)18-11-4-5-12-19(18)31-25(26)36/h1-12,14,20-22,32H,13H2,(H,31,36)/t20-,21+,22+,26-/m0/s1. The summed E-state index contributed by atoms with van der Waals surface area (Å²) in [5, 5.41) is 6.14. The molecular formula is C27H20F3N3O3. The first-order valence-corrected chi connectivity index (χ1v) is 11.5. The molecule has 2 saturated heterocycles. The van der Waals surface area contributed by atoms with Gasteiger partial charge in [0.05, 0.1) is 23.1 Å². The predicted octanol–water partition coefficient (Wildman–Crippen LogP) is 3.87. The Bertz CT molecular complexity index is 1410. The number of alkyl halides is 3. The molecule has 3 heterocycles. The van der Waals surface area contributed by atoms with Crippen LogP contribution in [0.5, 0.6) is 0 Å². The van der Waals surface area contributed by atoms with Crippen LogP contribution >= 0.6 is 0 Å². The number of amides is 3. The van der Waals surface area contributed by atoms with Crippen molar-refractivity contribution in [2.75, 3.05) is 10.2 Å². The Kier molecular flexibility index (Phi) is 4.85. The van der Waals surface area contributed by atoms with Gasteiger partial charge in [-0.2, -0.15) is 13.2 Å². The lowest BCUT2D eigenvalue weighted by molar-refractivity contribution is -0.137. The Labute approximate surface area is 204 Å². The molecule has 0 aromatic heterocycles. The number of carbonyl (C=O) groups is 3. The molecule has 6 nitrogen and oxygen atoms in total. The first-order valence-electron chi connectivity index (χ1n) is 11.5. The summed E-state index contributed by atoms with van der Waals surface area (Å²) in [6.07, 6.45) is -4.28. The molecule has 4 atom stereocenters. The zero-order chi connectivity index (χ0) is 25.2. The fourth-order valence-corrected chi connectivity index (χ4v) is 5.88. The fraction of sp³-hybridized carbons (Fsp3) is 0.222. The van der Waals surface area contributed by atoms with E-state index in [0.29, 0.717) is 17.7 Å². The number of anilines is 2. The highest BCUT2D eigenvalue weighted by atomic mass is 19.4. The molecule has 0 saturated carbocycles. The van der Waals surface area contributed by atoms with Gasteiger partial charge >= 0.3 is 6.18 Å².